The zero-order chi connectivity index (χ0) is 31.9. The molecule has 2 fully saturated rings. The molecule has 13 heteroatoms. The smallest absolute Gasteiger partial charge is 0.325 e. The van der Waals surface area contributed by atoms with E-state index in [1.54, 1.807) is 25.1 Å². The van der Waals surface area contributed by atoms with Gasteiger partial charge < -0.3 is 26.4 Å². The lowest BCUT2D eigenvalue weighted by atomic mass is 9.70. The molecular formula is C31H44N6O6S. The fourth-order valence-electron chi connectivity index (χ4n) is 6.82. The third kappa shape index (κ3) is 7.56. The standard InChI is InChI=1S/C31H44N6O6S/c1-2-43-27(39)20-37(24-12-4-3-5-13-24)30(40)31(18-26(32)38,28(29(33)34)23-11-8-16-35-19-23)36-44(41,42)25-15-14-21-9-6-7-10-22(21)17-25/h6-7,9-10,14-15,17,23-24,28,35-36H,2-5,8,11-13,16,18-20H2,1H3,(H2,32,38)(H3,33,34)/t23?,28-,31-/m1/s1. The van der Waals surface area contributed by atoms with Crippen molar-refractivity contribution in [3.05, 3.63) is 42.5 Å². The maximum atomic E-state index is 15.1. The van der Waals surface area contributed by atoms with Gasteiger partial charge in [0.05, 0.1) is 23.8 Å². The van der Waals surface area contributed by atoms with Gasteiger partial charge in [-0.25, -0.2) is 8.42 Å². The lowest BCUT2D eigenvalue weighted by Gasteiger charge is -2.47. The van der Waals surface area contributed by atoms with Gasteiger partial charge in [0.25, 0.3) is 0 Å². The number of amides is 2. The fraction of sp³-hybridized carbons (Fsp3) is 0.548. The Hall–Kier alpha value is -3.55. The Morgan fingerprint density at radius 2 is 1.77 bits per heavy atom. The number of nitrogens with zero attached hydrogens (tertiary/aromatic N) is 1. The van der Waals surface area contributed by atoms with Crippen molar-refractivity contribution in [3.8, 4) is 0 Å². The van der Waals surface area contributed by atoms with Crippen LogP contribution in [0.2, 0.25) is 0 Å². The Kier molecular flexibility index (Phi) is 11.0. The van der Waals surface area contributed by atoms with E-state index in [-0.39, 0.29) is 11.5 Å². The molecule has 12 nitrogen and oxygen atoms in total. The van der Waals surface area contributed by atoms with E-state index in [0.717, 1.165) is 24.6 Å². The molecule has 2 amide bonds. The molecule has 7 N–H and O–H groups in total. The molecule has 0 aromatic heterocycles. The quantitative estimate of drug-likeness (QED) is 0.126. The maximum Gasteiger partial charge on any atom is 0.325 e. The second kappa shape index (κ2) is 14.5. The second-order valence-corrected chi connectivity index (χ2v) is 13.5. The first-order valence-corrected chi connectivity index (χ1v) is 16.8. The summed E-state index contributed by atoms with van der Waals surface area (Å²) in [5.41, 5.74) is 9.73. The van der Waals surface area contributed by atoms with E-state index in [1.807, 2.05) is 12.1 Å². The molecule has 3 atom stereocenters. The summed E-state index contributed by atoms with van der Waals surface area (Å²) in [5.74, 6) is -4.58. The highest BCUT2D eigenvalue weighted by Crippen LogP contribution is 2.37. The summed E-state index contributed by atoms with van der Waals surface area (Å²) in [5, 5.41) is 13.4. The van der Waals surface area contributed by atoms with E-state index < -0.39 is 70.0 Å². The van der Waals surface area contributed by atoms with Crippen molar-refractivity contribution < 1.29 is 27.5 Å². The highest BCUT2D eigenvalue weighted by atomic mass is 32.2. The summed E-state index contributed by atoms with van der Waals surface area (Å²) in [7, 11) is -4.51. The Labute approximate surface area is 258 Å². The minimum absolute atomic E-state index is 0.0936. The minimum atomic E-state index is -4.51. The summed E-state index contributed by atoms with van der Waals surface area (Å²) < 4.78 is 36.3. The first-order valence-electron chi connectivity index (χ1n) is 15.3. The topological polar surface area (TPSA) is 198 Å². The van der Waals surface area contributed by atoms with Gasteiger partial charge >= 0.3 is 5.97 Å². The van der Waals surface area contributed by atoms with Gasteiger partial charge in [-0.1, -0.05) is 49.6 Å². The average molecular weight is 629 g/mol. The van der Waals surface area contributed by atoms with Crippen LogP contribution in [0.25, 0.3) is 10.8 Å². The maximum absolute atomic E-state index is 15.1. The van der Waals surface area contributed by atoms with Gasteiger partial charge in [0.2, 0.25) is 21.8 Å². The fourth-order valence-corrected chi connectivity index (χ4v) is 8.23. The number of primary amides is 1. The van der Waals surface area contributed by atoms with Crippen LogP contribution < -0.4 is 21.5 Å². The van der Waals surface area contributed by atoms with Crippen LogP contribution in [0.3, 0.4) is 0 Å². The molecule has 1 aliphatic heterocycles. The van der Waals surface area contributed by atoms with Gasteiger partial charge in [-0.15, -0.1) is 0 Å². The predicted molar refractivity (Wildman–Crippen MR) is 167 cm³/mol. The molecule has 0 bridgehead atoms. The number of nitrogens with two attached hydrogens (primary N) is 2. The number of benzene rings is 2. The number of rotatable bonds is 13. The predicted octanol–water partition coefficient (Wildman–Crippen LogP) is 2.01. The molecule has 44 heavy (non-hydrogen) atoms. The number of fused-ring (bicyclic) bond motifs is 1. The summed E-state index contributed by atoms with van der Waals surface area (Å²) >= 11 is 0. The van der Waals surface area contributed by atoms with Crippen molar-refractivity contribution in [2.24, 2.45) is 23.3 Å². The van der Waals surface area contributed by atoms with E-state index in [2.05, 4.69) is 10.0 Å². The third-order valence-corrected chi connectivity index (χ3v) is 10.2. The Balaban J connectivity index is 1.91. The Bertz CT molecular complexity index is 1470. The van der Waals surface area contributed by atoms with Crippen LogP contribution in [0.15, 0.2) is 47.4 Å². The summed E-state index contributed by atoms with van der Waals surface area (Å²) in [4.78, 5) is 42.0. The first kappa shape index (κ1) is 33.3. The highest BCUT2D eigenvalue weighted by Gasteiger charge is 2.56. The van der Waals surface area contributed by atoms with Crippen LogP contribution >= 0.6 is 0 Å². The Morgan fingerprint density at radius 3 is 2.39 bits per heavy atom. The molecule has 0 radical (unpaired) electrons. The van der Waals surface area contributed by atoms with Gasteiger partial charge in [0.1, 0.15) is 12.1 Å². The Morgan fingerprint density at radius 1 is 1.07 bits per heavy atom. The van der Waals surface area contributed by atoms with E-state index in [1.165, 1.54) is 17.0 Å². The molecule has 2 aromatic rings. The molecule has 4 rings (SSSR count). The highest BCUT2D eigenvalue weighted by molar-refractivity contribution is 7.89. The van der Waals surface area contributed by atoms with Crippen LogP contribution in [0, 0.1) is 17.2 Å². The summed E-state index contributed by atoms with van der Waals surface area (Å²) in [6.45, 7) is 2.36. The number of esters is 1. The van der Waals surface area contributed by atoms with Gasteiger partial charge in [0, 0.05) is 12.0 Å². The lowest BCUT2D eigenvalue weighted by Crippen LogP contribution is -2.70. The molecule has 0 spiro atoms. The summed E-state index contributed by atoms with van der Waals surface area (Å²) in [6.07, 6.45) is 4.23. The number of nitrogens with one attached hydrogen (secondary N) is 3. The number of carbonyl (C=O) groups is 3. The van der Waals surface area contributed by atoms with E-state index in [9.17, 15) is 18.0 Å². The van der Waals surface area contributed by atoms with Gasteiger partial charge in [0.15, 0.2) is 0 Å². The van der Waals surface area contributed by atoms with Gasteiger partial charge in [-0.3, -0.25) is 19.8 Å². The third-order valence-electron chi connectivity index (χ3n) is 8.74. The molecule has 1 saturated carbocycles. The van der Waals surface area contributed by atoms with Crippen LogP contribution in [-0.4, -0.2) is 74.8 Å². The van der Waals surface area contributed by atoms with Crippen LogP contribution in [0.1, 0.15) is 58.3 Å². The second-order valence-electron chi connectivity index (χ2n) is 11.8. The van der Waals surface area contributed by atoms with E-state index in [0.29, 0.717) is 44.2 Å². The minimum Gasteiger partial charge on any atom is -0.465 e. The molecule has 1 heterocycles. The SMILES string of the molecule is CCOC(=O)CN(C(=O)[C@](CC(N)=O)(NS(=O)(=O)c1ccc2ccccc2c1)[C@@H](C(=N)N)C1CCCNC1)C1CCCCC1. The van der Waals surface area contributed by atoms with Crippen molar-refractivity contribution in [2.45, 2.75) is 74.8 Å². The zero-order valence-electron chi connectivity index (χ0n) is 25.2. The first-order chi connectivity index (χ1) is 21.0. The largest absolute Gasteiger partial charge is 0.465 e. The normalized spacial score (nSPS) is 19.9. The molecule has 240 valence electrons. The molecule has 1 aliphatic carbocycles. The van der Waals surface area contributed by atoms with E-state index in [4.69, 9.17) is 21.6 Å². The van der Waals surface area contributed by atoms with Crippen molar-refractivity contribution in [2.75, 3.05) is 26.2 Å². The molecule has 2 aliphatic rings. The van der Waals surface area contributed by atoms with Gasteiger partial charge in [-0.05, 0) is 74.5 Å². The monoisotopic (exact) mass is 628 g/mol. The number of sulfonamides is 1. The van der Waals surface area contributed by atoms with Crippen LogP contribution in [0.5, 0.6) is 0 Å². The van der Waals surface area contributed by atoms with Crippen molar-refractivity contribution >= 4 is 44.4 Å². The molecular weight excluding hydrogens is 584 g/mol. The van der Waals surface area contributed by atoms with Crippen LogP contribution in [-0.2, 0) is 29.1 Å². The number of amidine groups is 1. The molecule has 2 aromatic carbocycles. The number of piperidine rings is 1. The summed E-state index contributed by atoms with van der Waals surface area (Å²) in [6, 6.07) is 11.4. The van der Waals surface area contributed by atoms with E-state index >= 15 is 4.79 Å². The van der Waals surface area contributed by atoms with Gasteiger partial charge in [-0.2, -0.15) is 4.72 Å². The molecule has 1 saturated heterocycles. The number of carbonyl (C=O) groups excluding carboxylic acids is 3. The molecule has 1 unspecified atom stereocenters. The zero-order valence-corrected chi connectivity index (χ0v) is 26.0. The number of hydrogen-bond acceptors (Lipinski definition) is 8. The number of hydrogen-bond donors (Lipinski definition) is 5. The average Bonchev–Trinajstić information content (AvgIpc) is 2.99. The van der Waals surface area contributed by atoms with Crippen molar-refractivity contribution in [1.82, 2.24) is 14.9 Å². The number of ether oxygens (including phenoxy) is 1. The lowest BCUT2D eigenvalue weighted by molar-refractivity contribution is -0.155. The van der Waals surface area contributed by atoms with Crippen molar-refractivity contribution in [3.63, 3.8) is 0 Å². The van der Waals surface area contributed by atoms with Crippen LogP contribution in [0.4, 0.5) is 0 Å². The van der Waals surface area contributed by atoms with Crippen molar-refractivity contribution in [1.29, 1.82) is 5.41 Å².